The molecule has 0 aliphatic heterocycles. The Morgan fingerprint density at radius 2 is 1.75 bits per heavy atom. The molecular weight excluding hydrogens is 218 g/mol. The summed E-state index contributed by atoms with van der Waals surface area (Å²) in [6.45, 7) is 1.87. The summed E-state index contributed by atoms with van der Waals surface area (Å²) in [5.41, 5.74) is 1.40. The van der Waals surface area contributed by atoms with Gasteiger partial charge >= 0.3 is 0 Å². The van der Waals surface area contributed by atoms with Gasteiger partial charge in [-0.3, -0.25) is 0 Å². The molecule has 0 aliphatic carbocycles. The van der Waals surface area contributed by atoms with Gasteiger partial charge in [-0.25, -0.2) is 0 Å². The molecule has 2 rings (SSSR count). The Morgan fingerprint density at radius 1 is 0.938 bits per heavy atom. The van der Waals surface area contributed by atoms with Gasteiger partial charge in [-0.1, -0.05) is 42.5 Å². The van der Waals surface area contributed by atoms with Gasteiger partial charge in [0.25, 0.3) is 0 Å². The van der Waals surface area contributed by atoms with Crippen molar-refractivity contribution in [2.75, 3.05) is 19.0 Å². The molecule has 2 aromatic rings. The van der Waals surface area contributed by atoms with E-state index in [0.29, 0.717) is 5.88 Å². The van der Waals surface area contributed by atoms with E-state index in [1.54, 1.807) is 0 Å². The quantitative estimate of drug-likeness (QED) is 0.618. The van der Waals surface area contributed by atoms with Crippen LogP contribution in [0.4, 0.5) is 0 Å². The number of hydrogen-bond acceptors (Lipinski definition) is 1. The Hall–Kier alpha value is -1.05. The van der Waals surface area contributed by atoms with Crippen LogP contribution in [-0.4, -0.2) is 19.0 Å². The lowest BCUT2D eigenvalue weighted by Gasteiger charge is -2.06. The molecule has 0 saturated carbocycles. The monoisotopic (exact) mass is 233 g/mol. The fraction of sp³-hybridized carbons (Fsp3) is 0.286. The third-order valence-electron chi connectivity index (χ3n) is 2.72. The van der Waals surface area contributed by atoms with E-state index in [1.807, 2.05) is 0 Å². The summed E-state index contributed by atoms with van der Waals surface area (Å²) in [7, 11) is 0. The van der Waals surface area contributed by atoms with Gasteiger partial charge in [0.1, 0.15) is 0 Å². The predicted octanol–water partition coefficient (Wildman–Crippen LogP) is 3.21. The lowest BCUT2D eigenvalue weighted by atomic mass is 10.0. The Bertz CT molecular complexity index is 448. The highest BCUT2D eigenvalue weighted by Crippen LogP contribution is 2.18. The van der Waals surface area contributed by atoms with Gasteiger partial charge in [-0.05, 0) is 29.3 Å². The Labute approximate surface area is 101 Å². The molecule has 0 atom stereocenters. The molecule has 84 valence electrons. The normalized spacial score (nSPS) is 10.8. The first-order chi connectivity index (χ1) is 7.92. The molecule has 2 heteroatoms. The zero-order chi connectivity index (χ0) is 11.2. The highest BCUT2D eigenvalue weighted by molar-refractivity contribution is 6.18. The molecule has 2 aromatic carbocycles. The Balaban J connectivity index is 2.11. The van der Waals surface area contributed by atoms with E-state index in [-0.39, 0.29) is 0 Å². The first-order valence-electron chi connectivity index (χ1n) is 5.65. The van der Waals surface area contributed by atoms with Gasteiger partial charge in [0.2, 0.25) is 0 Å². The highest BCUT2D eigenvalue weighted by atomic mass is 35.5. The number of benzene rings is 2. The zero-order valence-corrected chi connectivity index (χ0v) is 10.0. The molecule has 0 unspecified atom stereocenters. The average Bonchev–Trinajstić information content (AvgIpc) is 2.35. The van der Waals surface area contributed by atoms with E-state index in [1.165, 1.54) is 16.3 Å². The van der Waals surface area contributed by atoms with Crippen molar-refractivity contribution in [3.63, 3.8) is 0 Å². The fourth-order valence-electron chi connectivity index (χ4n) is 1.93. The topological polar surface area (TPSA) is 12.0 Å². The van der Waals surface area contributed by atoms with Crippen LogP contribution >= 0.6 is 11.6 Å². The first-order valence-corrected chi connectivity index (χ1v) is 6.18. The summed E-state index contributed by atoms with van der Waals surface area (Å²) in [5.74, 6) is 0.676. The summed E-state index contributed by atoms with van der Waals surface area (Å²) < 4.78 is 0. The second-order valence-electron chi connectivity index (χ2n) is 3.83. The smallest absolute Gasteiger partial charge is 0.0348 e. The van der Waals surface area contributed by atoms with Crippen LogP contribution in [0.3, 0.4) is 0 Å². The minimum Gasteiger partial charge on any atom is -0.315 e. The van der Waals surface area contributed by atoms with Crippen LogP contribution in [0.1, 0.15) is 5.56 Å². The van der Waals surface area contributed by atoms with Crippen LogP contribution in [0.2, 0.25) is 0 Å². The maximum atomic E-state index is 5.62. The number of rotatable bonds is 5. The molecule has 0 aromatic heterocycles. The van der Waals surface area contributed by atoms with E-state index in [2.05, 4.69) is 47.8 Å². The van der Waals surface area contributed by atoms with E-state index in [9.17, 15) is 0 Å². The summed E-state index contributed by atoms with van der Waals surface area (Å²) in [6.07, 6.45) is 1.05. The van der Waals surface area contributed by atoms with Gasteiger partial charge in [-0.2, -0.15) is 0 Å². The third-order valence-corrected chi connectivity index (χ3v) is 2.91. The van der Waals surface area contributed by atoms with Crippen LogP contribution in [0, 0.1) is 0 Å². The fourth-order valence-corrected chi connectivity index (χ4v) is 2.06. The van der Waals surface area contributed by atoms with Crippen LogP contribution in [0.15, 0.2) is 42.5 Å². The molecule has 0 radical (unpaired) electrons. The van der Waals surface area contributed by atoms with Crippen molar-refractivity contribution >= 4 is 22.4 Å². The van der Waals surface area contributed by atoms with E-state index in [4.69, 9.17) is 11.6 Å². The molecule has 0 spiro atoms. The lowest BCUT2D eigenvalue weighted by Crippen LogP contribution is -2.19. The zero-order valence-electron chi connectivity index (χ0n) is 9.25. The summed E-state index contributed by atoms with van der Waals surface area (Å²) in [6, 6.07) is 15.0. The van der Waals surface area contributed by atoms with Crippen LogP contribution in [0.5, 0.6) is 0 Å². The van der Waals surface area contributed by atoms with Gasteiger partial charge in [-0.15, -0.1) is 11.6 Å². The molecule has 16 heavy (non-hydrogen) atoms. The Kier molecular flexibility index (Phi) is 4.20. The summed E-state index contributed by atoms with van der Waals surface area (Å²) in [5, 5.41) is 5.99. The van der Waals surface area contributed by atoms with Crippen molar-refractivity contribution < 1.29 is 0 Å². The molecule has 1 N–H and O–H groups in total. The molecule has 0 heterocycles. The second kappa shape index (κ2) is 5.88. The molecule has 0 amide bonds. The third kappa shape index (κ3) is 2.75. The van der Waals surface area contributed by atoms with Crippen molar-refractivity contribution in [3.8, 4) is 0 Å². The minimum atomic E-state index is 0.676. The van der Waals surface area contributed by atoms with Crippen LogP contribution in [-0.2, 0) is 6.42 Å². The number of fused-ring (bicyclic) bond motifs is 1. The number of nitrogens with one attached hydrogen (secondary N) is 1. The van der Waals surface area contributed by atoms with Gasteiger partial charge < -0.3 is 5.32 Å². The van der Waals surface area contributed by atoms with E-state index < -0.39 is 0 Å². The molecule has 0 fully saturated rings. The number of hydrogen-bond donors (Lipinski definition) is 1. The molecule has 0 bridgehead atoms. The first kappa shape index (κ1) is 11.4. The maximum Gasteiger partial charge on any atom is 0.0348 e. The van der Waals surface area contributed by atoms with Gasteiger partial charge in [0.15, 0.2) is 0 Å². The Morgan fingerprint density at radius 3 is 2.62 bits per heavy atom. The minimum absolute atomic E-state index is 0.676. The molecule has 0 saturated heterocycles. The standard InChI is InChI=1S/C14H16ClN/c15-9-11-16-10-8-13-6-3-5-12-4-1-2-7-14(12)13/h1-7,16H,8-11H2. The van der Waals surface area contributed by atoms with E-state index >= 15 is 0 Å². The van der Waals surface area contributed by atoms with Gasteiger partial charge in [0, 0.05) is 12.4 Å². The van der Waals surface area contributed by atoms with Crippen molar-refractivity contribution in [3.05, 3.63) is 48.0 Å². The SMILES string of the molecule is ClCCNCCc1cccc2ccccc12. The highest BCUT2D eigenvalue weighted by Gasteiger charge is 1.99. The van der Waals surface area contributed by atoms with E-state index in [0.717, 1.165) is 19.5 Å². The molecule has 1 nitrogen and oxygen atoms in total. The number of alkyl halides is 1. The van der Waals surface area contributed by atoms with Gasteiger partial charge in [0.05, 0.1) is 0 Å². The summed E-state index contributed by atoms with van der Waals surface area (Å²) >= 11 is 5.62. The lowest BCUT2D eigenvalue weighted by molar-refractivity contribution is 0.721. The predicted molar refractivity (Wildman–Crippen MR) is 71.2 cm³/mol. The van der Waals surface area contributed by atoms with Crippen molar-refractivity contribution in [2.45, 2.75) is 6.42 Å². The maximum absolute atomic E-state index is 5.62. The number of halogens is 1. The van der Waals surface area contributed by atoms with Crippen molar-refractivity contribution in [1.82, 2.24) is 5.32 Å². The molecule has 0 aliphatic rings. The van der Waals surface area contributed by atoms with Crippen molar-refractivity contribution in [2.24, 2.45) is 0 Å². The second-order valence-corrected chi connectivity index (χ2v) is 4.21. The van der Waals surface area contributed by atoms with Crippen LogP contribution < -0.4 is 5.32 Å². The summed E-state index contributed by atoms with van der Waals surface area (Å²) in [4.78, 5) is 0. The largest absolute Gasteiger partial charge is 0.315 e. The van der Waals surface area contributed by atoms with Crippen molar-refractivity contribution in [1.29, 1.82) is 0 Å². The van der Waals surface area contributed by atoms with Crippen LogP contribution in [0.25, 0.3) is 10.8 Å². The average molecular weight is 234 g/mol. The molecular formula is C14H16ClN.